The molecule has 1 aromatic rings. The summed E-state index contributed by atoms with van der Waals surface area (Å²) in [6.45, 7) is 6.97. The largest absolute Gasteiger partial charge is 0.355 e. The van der Waals surface area contributed by atoms with Crippen LogP contribution in [0.4, 0.5) is 4.39 Å². The van der Waals surface area contributed by atoms with Gasteiger partial charge >= 0.3 is 0 Å². The normalized spacial score (nSPS) is 15.7. The van der Waals surface area contributed by atoms with E-state index in [2.05, 4.69) is 24.1 Å². The molecule has 1 fully saturated rings. The van der Waals surface area contributed by atoms with Crippen LogP contribution in [0.2, 0.25) is 0 Å². The average Bonchev–Trinajstić information content (AvgIpc) is 2.77. The van der Waals surface area contributed by atoms with Gasteiger partial charge in [-0.3, -0.25) is 9.59 Å². The maximum Gasteiger partial charge on any atom is 0.242 e. The molecule has 34 heavy (non-hydrogen) atoms. The van der Waals surface area contributed by atoms with Crippen LogP contribution < -0.4 is 5.32 Å². The Morgan fingerprint density at radius 3 is 2.26 bits per heavy atom. The lowest BCUT2D eigenvalue weighted by Crippen LogP contribution is -2.46. The van der Waals surface area contributed by atoms with Gasteiger partial charge in [-0.05, 0) is 63.0 Å². The van der Waals surface area contributed by atoms with Crippen molar-refractivity contribution in [1.82, 2.24) is 19.4 Å². The molecule has 0 aromatic heterocycles. The van der Waals surface area contributed by atoms with Crippen molar-refractivity contribution in [2.24, 2.45) is 11.3 Å². The first-order chi connectivity index (χ1) is 15.8. The Balaban J connectivity index is 1.73. The molecule has 0 unspecified atom stereocenters. The molecule has 1 heterocycles. The monoisotopic (exact) mass is 498 g/mol. The molecule has 1 aliphatic heterocycles. The summed E-state index contributed by atoms with van der Waals surface area (Å²) < 4.78 is 39.4. The summed E-state index contributed by atoms with van der Waals surface area (Å²) in [6.07, 6.45) is 1.88. The van der Waals surface area contributed by atoms with Crippen molar-refractivity contribution in [3.8, 4) is 0 Å². The number of likely N-dealkylation sites (tertiary alicyclic amines) is 1. The van der Waals surface area contributed by atoms with E-state index in [-0.39, 0.29) is 41.0 Å². The zero-order chi connectivity index (χ0) is 25.5. The summed E-state index contributed by atoms with van der Waals surface area (Å²) in [4.78, 5) is 29.0. The van der Waals surface area contributed by atoms with Gasteiger partial charge in [-0.25, -0.2) is 17.1 Å². The van der Waals surface area contributed by atoms with Gasteiger partial charge in [0.1, 0.15) is 5.82 Å². The maximum atomic E-state index is 13.1. The lowest BCUT2D eigenvalue weighted by atomic mass is 9.91. The summed E-state index contributed by atoms with van der Waals surface area (Å²) >= 11 is 0. The first kappa shape index (κ1) is 28.2. The molecule has 1 aliphatic rings. The Bertz CT molecular complexity index is 927. The van der Waals surface area contributed by atoms with Gasteiger partial charge in [0.15, 0.2) is 0 Å². The van der Waals surface area contributed by atoms with Crippen molar-refractivity contribution in [3.63, 3.8) is 0 Å². The Kier molecular flexibility index (Phi) is 10.0. The Morgan fingerprint density at radius 2 is 1.71 bits per heavy atom. The highest BCUT2D eigenvalue weighted by Crippen LogP contribution is 2.21. The number of amides is 2. The fourth-order valence-electron chi connectivity index (χ4n) is 4.29. The van der Waals surface area contributed by atoms with E-state index in [1.54, 1.807) is 4.90 Å². The number of halogens is 1. The molecule has 0 saturated carbocycles. The molecule has 1 aromatic carbocycles. The highest BCUT2D eigenvalue weighted by atomic mass is 32.2. The van der Waals surface area contributed by atoms with Gasteiger partial charge in [-0.15, -0.1) is 0 Å². The molecule has 192 valence electrons. The minimum atomic E-state index is -3.72. The minimum Gasteiger partial charge on any atom is -0.355 e. The van der Waals surface area contributed by atoms with E-state index in [0.717, 1.165) is 18.7 Å². The summed E-state index contributed by atoms with van der Waals surface area (Å²) in [5.74, 6) is -0.571. The van der Waals surface area contributed by atoms with Crippen molar-refractivity contribution in [2.75, 3.05) is 53.9 Å². The number of benzene rings is 1. The van der Waals surface area contributed by atoms with Crippen LogP contribution in [0.5, 0.6) is 0 Å². The van der Waals surface area contributed by atoms with Gasteiger partial charge in [0.05, 0.1) is 4.90 Å². The second kappa shape index (κ2) is 12.1. The van der Waals surface area contributed by atoms with E-state index in [1.165, 1.54) is 23.5 Å². The first-order valence-corrected chi connectivity index (χ1v) is 13.2. The molecule has 0 bridgehead atoms. The average molecular weight is 499 g/mol. The van der Waals surface area contributed by atoms with Gasteiger partial charge in [0, 0.05) is 52.1 Å². The van der Waals surface area contributed by atoms with Crippen LogP contribution in [0.25, 0.3) is 0 Å². The summed E-state index contributed by atoms with van der Waals surface area (Å²) in [7, 11) is 1.75. The van der Waals surface area contributed by atoms with Crippen LogP contribution >= 0.6 is 0 Å². The Labute approximate surface area is 203 Å². The van der Waals surface area contributed by atoms with Crippen LogP contribution in [0, 0.1) is 17.2 Å². The summed E-state index contributed by atoms with van der Waals surface area (Å²) in [5.41, 5.74) is -0.0207. The molecule has 10 heteroatoms. The number of piperidine rings is 1. The molecule has 1 N–H and O–H groups in total. The quantitative estimate of drug-likeness (QED) is 0.505. The molecule has 0 atom stereocenters. The van der Waals surface area contributed by atoms with E-state index in [9.17, 15) is 22.4 Å². The topological polar surface area (TPSA) is 90.0 Å². The number of hydrogen-bond donors (Lipinski definition) is 1. The predicted octanol–water partition coefficient (Wildman–Crippen LogP) is 2.17. The molecule has 0 radical (unpaired) electrons. The number of hydrogen-bond acceptors (Lipinski definition) is 5. The molecule has 2 amide bonds. The molecule has 2 rings (SSSR count). The number of carbonyl (C=O) groups is 2. The van der Waals surface area contributed by atoms with Crippen LogP contribution in [0.1, 0.15) is 39.5 Å². The van der Waals surface area contributed by atoms with Gasteiger partial charge in [0.2, 0.25) is 21.8 Å². The highest BCUT2D eigenvalue weighted by Gasteiger charge is 2.29. The second-order valence-electron chi connectivity index (χ2n) is 10.2. The zero-order valence-electron chi connectivity index (χ0n) is 21.0. The Hall–Kier alpha value is -2.04. The molecular formula is C24H39FN4O4S. The Morgan fingerprint density at radius 1 is 1.12 bits per heavy atom. The van der Waals surface area contributed by atoms with Crippen LogP contribution in [-0.2, 0) is 19.6 Å². The fraction of sp³-hybridized carbons (Fsp3) is 0.667. The van der Waals surface area contributed by atoms with Crippen LogP contribution in [0.15, 0.2) is 29.2 Å². The van der Waals surface area contributed by atoms with E-state index in [4.69, 9.17) is 0 Å². The van der Waals surface area contributed by atoms with Crippen molar-refractivity contribution in [2.45, 2.75) is 44.4 Å². The van der Waals surface area contributed by atoms with Gasteiger partial charge < -0.3 is 15.1 Å². The third-order valence-electron chi connectivity index (χ3n) is 6.09. The van der Waals surface area contributed by atoms with Gasteiger partial charge in [-0.2, -0.15) is 0 Å². The van der Waals surface area contributed by atoms with Crippen molar-refractivity contribution < 1.29 is 22.4 Å². The highest BCUT2D eigenvalue weighted by molar-refractivity contribution is 7.89. The number of sulfonamides is 1. The number of nitrogens with one attached hydrogen (secondary N) is 1. The zero-order valence-corrected chi connectivity index (χ0v) is 21.8. The van der Waals surface area contributed by atoms with Crippen molar-refractivity contribution in [1.29, 1.82) is 0 Å². The number of nitrogens with zero attached hydrogens (tertiary/aromatic N) is 3. The first-order valence-electron chi connectivity index (χ1n) is 11.7. The van der Waals surface area contributed by atoms with Crippen LogP contribution in [-0.4, -0.2) is 88.2 Å². The lowest BCUT2D eigenvalue weighted by molar-refractivity contribution is -0.135. The standard InChI is InChI=1S/C24H39FN4O4S/c1-24(2,18-27(3)4)17-26-23(31)19-12-15-29(16-13-19)22(30)7-6-14-28(5)34(32,33)21-10-8-20(25)9-11-21/h8-11,19H,6-7,12-18H2,1-5H3,(H,26,31). The van der Waals surface area contributed by atoms with E-state index < -0.39 is 15.8 Å². The van der Waals surface area contributed by atoms with Gasteiger partial charge in [0.25, 0.3) is 0 Å². The second-order valence-corrected chi connectivity index (χ2v) is 12.2. The van der Waals surface area contributed by atoms with E-state index >= 15 is 0 Å². The summed E-state index contributed by atoms with van der Waals surface area (Å²) in [6, 6.07) is 4.68. The van der Waals surface area contributed by atoms with E-state index in [0.29, 0.717) is 38.9 Å². The maximum absolute atomic E-state index is 13.1. The molecular weight excluding hydrogens is 459 g/mol. The molecule has 0 spiro atoms. The SMILES string of the molecule is CN(C)CC(C)(C)CNC(=O)C1CCN(C(=O)CCCN(C)S(=O)(=O)c2ccc(F)cc2)CC1. The summed E-state index contributed by atoms with van der Waals surface area (Å²) in [5, 5.41) is 3.07. The lowest BCUT2D eigenvalue weighted by Gasteiger charge is -2.33. The minimum absolute atomic E-state index is 0.0207. The van der Waals surface area contributed by atoms with Crippen molar-refractivity contribution in [3.05, 3.63) is 30.1 Å². The fourth-order valence-corrected chi connectivity index (χ4v) is 5.50. The predicted molar refractivity (Wildman–Crippen MR) is 130 cm³/mol. The molecule has 8 nitrogen and oxygen atoms in total. The van der Waals surface area contributed by atoms with E-state index in [1.807, 2.05) is 14.1 Å². The molecule has 0 aliphatic carbocycles. The smallest absolute Gasteiger partial charge is 0.242 e. The third kappa shape index (κ3) is 8.32. The van der Waals surface area contributed by atoms with Gasteiger partial charge in [-0.1, -0.05) is 13.8 Å². The van der Waals surface area contributed by atoms with Crippen molar-refractivity contribution >= 4 is 21.8 Å². The molecule has 1 saturated heterocycles. The number of rotatable bonds is 11. The van der Waals surface area contributed by atoms with Crippen LogP contribution in [0.3, 0.4) is 0 Å². The number of carbonyl (C=O) groups excluding carboxylic acids is 2. The third-order valence-corrected chi connectivity index (χ3v) is 7.96.